The molecule has 2 heterocycles. The van der Waals surface area contributed by atoms with E-state index in [9.17, 15) is 14.0 Å². The smallest absolute Gasteiger partial charge is 0.236 e. The Bertz CT molecular complexity index is 787. The highest BCUT2D eigenvalue weighted by Gasteiger charge is 2.39. The summed E-state index contributed by atoms with van der Waals surface area (Å²) in [4.78, 5) is 30.1. The minimum atomic E-state index is -0.397. The first-order valence-corrected chi connectivity index (χ1v) is 9.36. The maximum Gasteiger partial charge on any atom is 0.236 e. The third-order valence-corrected chi connectivity index (χ3v) is 5.61. The molecule has 7 heteroatoms. The number of carbonyl (C=O) groups is 2. The van der Waals surface area contributed by atoms with Crippen molar-refractivity contribution in [2.75, 3.05) is 6.54 Å². The van der Waals surface area contributed by atoms with Gasteiger partial charge in [0.05, 0.1) is 5.25 Å². The second-order valence-electron chi connectivity index (χ2n) is 6.07. The van der Waals surface area contributed by atoms with Gasteiger partial charge >= 0.3 is 0 Å². The van der Waals surface area contributed by atoms with Crippen LogP contribution in [0.2, 0.25) is 0 Å². The zero-order valence-electron chi connectivity index (χ0n) is 14.4. The summed E-state index contributed by atoms with van der Waals surface area (Å²) in [5, 5.41) is 2.18. The monoisotopic (exact) mass is 373 g/mol. The summed E-state index contributed by atoms with van der Waals surface area (Å²) in [6.07, 6.45) is 3.51. The summed E-state index contributed by atoms with van der Waals surface area (Å²) < 4.78 is 14.1. The molecule has 0 aliphatic carbocycles. The molecule has 26 heavy (non-hydrogen) atoms. The first-order valence-electron chi connectivity index (χ1n) is 8.42. The third kappa shape index (κ3) is 4.22. The van der Waals surface area contributed by atoms with Crippen molar-refractivity contribution in [2.45, 2.75) is 30.5 Å². The molecule has 2 aromatic rings. The Hall–Kier alpha value is -2.41. The second kappa shape index (κ2) is 8.31. The van der Waals surface area contributed by atoms with Crippen LogP contribution in [0.1, 0.15) is 29.8 Å². The lowest BCUT2D eigenvalue weighted by atomic mass is 10.2. The quantitative estimate of drug-likeness (QED) is 0.846. The van der Waals surface area contributed by atoms with Gasteiger partial charge in [-0.2, -0.15) is 0 Å². The number of aromatic nitrogens is 1. The SMILES string of the molecule is CC1SC(c2ccccc2F)N(CCC(=O)NCc2ccncc2)C1=O. The predicted octanol–water partition coefficient (Wildman–Crippen LogP) is 2.89. The summed E-state index contributed by atoms with van der Waals surface area (Å²) in [7, 11) is 0. The van der Waals surface area contributed by atoms with Crippen LogP contribution in [0.3, 0.4) is 0 Å². The fourth-order valence-electron chi connectivity index (χ4n) is 2.83. The molecular weight excluding hydrogens is 353 g/mol. The molecule has 1 N–H and O–H groups in total. The van der Waals surface area contributed by atoms with Crippen molar-refractivity contribution in [3.8, 4) is 0 Å². The molecule has 3 rings (SSSR count). The topological polar surface area (TPSA) is 62.3 Å². The minimum absolute atomic E-state index is 0.0646. The number of hydrogen-bond donors (Lipinski definition) is 1. The van der Waals surface area contributed by atoms with Gasteiger partial charge in [0.2, 0.25) is 11.8 Å². The van der Waals surface area contributed by atoms with Crippen LogP contribution >= 0.6 is 11.8 Å². The maximum absolute atomic E-state index is 14.1. The first-order chi connectivity index (χ1) is 12.6. The van der Waals surface area contributed by atoms with Gasteiger partial charge in [0.1, 0.15) is 11.2 Å². The van der Waals surface area contributed by atoms with Crippen molar-refractivity contribution in [2.24, 2.45) is 0 Å². The molecule has 1 aromatic heterocycles. The Morgan fingerprint density at radius 1 is 1.27 bits per heavy atom. The van der Waals surface area contributed by atoms with Crippen molar-refractivity contribution in [3.63, 3.8) is 0 Å². The number of rotatable bonds is 6. The molecule has 1 aliphatic rings. The van der Waals surface area contributed by atoms with E-state index in [1.165, 1.54) is 17.8 Å². The van der Waals surface area contributed by atoms with Gasteiger partial charge in [-0.3, -0.25) is 14.6 Å². The summed E-state index contributed by atoms with van der Waals surface area (Å²) >= 11 is 1.41. The second-order valence-corrected chi connectivity index (χ2v) is 7.49. The van der Waals surface area contributed by atoms with Gasteiger partial charge in [0.25, 0.3) is 0 Å². The summed E-state index contributed by atoms with van der Waals surface area (Å²) in [5.74, 6) is -0.546. The molecule has 2 atom stereocenters. The van der Waals surface area contributed by atoms with E-state index in [0.717, 1.165) is 5.56 Å². The van der Waals surface area contributed by atoms with Crippen LogP contribution in [-0.2, 0) is 16.1 Å². The minimum Gasteiger partial charge on any atom is -0.352 e. The van der Waals surface area contributed by atoms with Crippen LogP contribution < -0.4 is 5.32 Å². The van der Waals surface area contributed by atoms with E-state index < -0.39 is 5.37 Å². The third-order valence-electron chi connectivity index (χ3n) is 4.24. The lowest BCUT2D eigenvalue weighted by Crippen LogP contribution is -2.34. The molecule has 0 radical (unpaired) electrons. The van der Waals surface area contributed by atoms with Crippen LogP contribution in [0, 0.1) is 5.82 Å². The Morgan fingerprint density at radius 2 is 2.00 bits per heavy atom. The number of thioether (sulfide) groups is 1. The van der Waals surface area contributed by atoms with E-state index >= 15 is 0 Å². The number of benzene rings is 1. The summed E-state index contributed by atoms with van der Waals surface area (Å²) in [5.41, 5.74) is 1.44. The van der Waals surface area contributed by atoms with E-state index in [-0.39, 0.29) is 35.8 Å². The number of nitrogens with one attached hydrogen (secondary N) is 1. The molecule has 0 saturated carbocycles. The van der Waals surface area contributed by atoms with Crippen molar-refractivity contribution in [1.82, 2.24) is 15.2 Å². The average Bonchev–Trinajstić information content (AvgIpc) is 2.94. The Labute approximate surface area is 156 Å². The standard InChI is InChI=1S/C19H20FN3O2S/c1-13-18(25)23(19(26-13)15-4-2-3-5-16(15)20)11-8-17(24)22-12-14-6-9-21-10-7-14/h2-7,9-10,13,19H,8,11-12H2,1H3,(H,22,24). The fourth-order valence-corrected chi connectivity index (χ4v) is 4.16. The van der Waals surface area contributed by atoms with E-state index in [2.05, 4.69) is 10.3 Å². The Balaban J connectivity index is 1.60. The lowest BCUT2D eigenvalue weighted by molar-refractivity contribution is -0.130. The molecule has 1 aliphatic heterocycles. The number of pyridine rings is 1. The number of nitrogens with zero attached hydrogens (tertiary/aromatic N) is 2. The van der Waals surface area contributed by atoms with Crippen LogP contribution in [0.25, 0.3) is 0 Å². The van der Waals surface area contributed by atoms with Crippen molar-refractivity contribution < 1.29 is 14.0 Å². The van der Waals surface area contributed by atoms with Gasteiger partial charge in [-0.1, -0.05) is 18.2 Å². The highest BCUT2D eigenvalue weighted by molar-refractivity contribution is 8.01. The average molecular weight is 373 g/mol. The van der Waals surface area contributed by atoms with E-state index in [0.29, 0.717) is 12.1 Å². The predicted molar refractivity (Wildman–Crippen MR) is 98.6 cm³/mol. The number of carbonyl (C=O) groups excluding carboxylic acids is 2. The maximum atomic E-state index is 14.1. The van der Waals surface area contributed by atoms with E-state index in [1.807, 2.05) is 19.1 Å². The fraction of sp³-hybridized carbons (Fsp3) is 0.316. The molecule has 0 spiro atoms. The molecular formula is C19H20FN3O2S. The van der Waals surface area contributed by atoms with E-state index in [4.69, 9.17) is 0 Å². The van der Waals surface area contributed by atoms with E-state index in [1.54, 1.807) is 35.5 Å². The Morgan fingerprint density at radius 3 is 2.73 bits per heavy atom. The highest BCUT2D eigenvalue weighted by atomic mass is 32.2. The zero-order valence-corrected chi connectivity index (χ0v) is 15.2. The van der Waals surface area contributed by atoms with Crippen molar-refractivity contribution in [1.29, 1.82) is 0 Å². The van der Waals surface area contributed by atoms with Crippen LogP contribution in [0.5, 0.6) is 0 Å². The largest absolute Gasteiger partial charge is 0.352 e. The first kappa shape index (κ1) is 18.4. The van der Waals surface area contributed by atoms with Gasteiger partial charge in [0, 0.05) is 37.5 Å². The van der Waals surface area contributed by atoms with Gasteiger partial charge in [-0.25, -0.2) is 4.39 Å². The molecule has 136 valence electrons. The van der Waals surface area contributed by atoms with Crippen molar-refractivity contribution in [3.05, 3.63) is 65.7 Å². The van der Waals surface area contributed by atoms with Gasteiger partial charge < -0.3 is 10.2 Å². The molecule has 2 unspecified atom stereocenters. The molecule has 0 bridgehead atoms. The summed E-state index contributed by atoms with van der Waals surface area (Å²) in [6.45, 7) is 2.49. The van der Waals surface area contributed by atoms with Crippen LogP contribution in [-0.4, -0.2) is 33.5 Å². The number of amides is 2. The van der Waals surface area contributed by atoms with Gasteiger partial charge in [-0.15, -0.1) is 11.8 Å². The van der Waals surface area contributed by atoms with Crippen LogP contribution in [0.4, 0.5) is 4.39 Å². The summed E-state index contributed by atoms with van der Waals surface area (Å²) in [6, 6.07) is 10.1. The van der Waals surface area contributed by atoms with Gasteiger partial charge in [0.15, 0.2) is 0 Å². The normalized spacial score (nSPS) is 19.6. The Kier molecular flexibility index (Phi) is 5.88. The highest BCUT2D eigenvalue weighted by Crippen LogP contribution is 2.43. The van der Waals surface area contributed by atoms with Gasteiger partial charge in [-0.05, 0) is 30.7 Å². The number of halogens is 1. The van der Waals surface area contributed by atoms with Crippen LogP contribution in [0.15, 0.2) is 48.8 Å². The molecule has 2 amide bonds. The number of hydrogen-bond acceptors (Lipinski definition) is 4. The molecule has 1 saturated heterocycles. The molecule has 1 fully saturated rings. The molecule has 1 aromatic carbocycles. The lowest BCUT2D eigenvalue weighted by Gasteiger charge is -2.24. The zero-order chi connectivity index (χ0) is 18.5. The van der Waals surface area contributed by atoms with Crippen molar-refractivity contribution >= 4 is 23.6 Å². The molecule has 5 nitrogen and oxygen atoms in total.